The Bertz CT molecular complexity index is 787. The summed E-state index contributed by atoms with van der Waals surface area (Å²) in [4.78, 5) is 24.1. The largest absolute Gasteiger partial charge is 0.354 e. The Balaban J connectivity index is 1.64. The maximum atomic E-state index is 12.3. The zero-order chi connectivity index (χ0) is 20.6. The van der Waals surface area contributed by atoms with Crippen molar-refractivity contribution in [3.8, 4) is 0 Å². The van der Waals surface area contributed by atoms with E-state index in [1.165, 1.54) is 6.42 Å². The van der Waals surface area contributed by atoms with Gasteiger partial charge in [0.25, 0.3) is 0 Å². The lowest BCUT2D eigenvalue weighted by molar-refractivity contribution is -0.126. The summed E-state index contributed by atoms with van der Waals surface area (Å²) in [5.74, 6) is -0.0884. The van der Waals surface area contributed by atoms with Crippen molar-refractivity contribution in [2.45, 2.75) is 57.3 Å². The van der Waals surface area contributed by atoms with Crippen LogP contribution in [0.1, 0.15) is 49.7 Å². The molecule has 1 fully saturated rings. The Morgan fingerprint density at radius 3 is 2.36 bits per heavy atom. The first-order chi connectivity index (χ1) is 13.3. The fourth-order valence-electron chi connectivity index (χ4n) is 3.46. The van der Waals surface area contributed by atoms with Gasteiger partial charge in [0.05, 0.1) is 4.90 Å². The van der Waals surface area contributed by atoms with E-state index in [-0.39, 0.29) is 35.6 Å². The molecule has 0 aromatic heterocycles. The number of carbonyl (C=O) groups excluding carboxylic acids is 2. The van der Waals surface area contributed by atoms with Crippen LogP contribution in [0.25, 0.3) is 0 Å². The predicted molar refractivity (Wildman–Crippen MR) is 108 cm³/mol. The molecule has 0 spiro atoms. The average Bonchev–Trinajstić information content (AvgIpc) is 2.65. The summed E-state index contributed by atoms with van der Waals surface area (Å²) >= 11 is 0. The highest BCUT2D eigenvalue weighted by molar-refractivity contribution is 7.89. The van der Waals surface area contributed by atoms with Gasteiger partial charge in [-0.3, -0.25) is 9.59 Å². The summed E-state index contributed by atoms with van der Waals surface area (Å²) in [6.07, 6.45) is 5.34. The first kappa shape index (κ1) is 22.4. The van der Waals surface area contributed by atoms with Crippen LogP contribution in [0.2, 0.25) is 0 Å². The van der Waals surface area contributed by atoms with Crippen LogP contribution in [-0.2, 0) is 19.6 Å². The lowest BCUT2D eigenvalue weighted by Gasteiger charge is -2.20. The maximum absolute atomic E-state index is 12.3. The van der Waals surface area contributed by atoms with Crippen LogP contribution in [-0.4, -0.2) is 39.9 Å². The van der Waals surface area contributed by atoms with Gasteiger partial charge in [0.1, 0.15) is 0 Å². The van der Waals surface area contributed by atoms with Gasteiger partial charge in [-0.2, -0.15) is 0 Å². The third-order valence-corrected chi connectivity index (χ3v) is 6.61. The number of sulfonamides is 1. The molecule has 0 bridgehead atoms. The minimum Gasteiger partial charge on any atom is -0.354 e. The molecular weight excluding hydrogens is 378 g/mol. The second kappa shape index (κ2) is 10.6. The van der Waals surface area contributed by atoms with E-state index in [1.54, 1.807) is 19.1 Å². The fourth-order valence-corrected chi connectivity index (χ4v) is 4.72. The van der Waals surface area contributed by atoms with E-state index >= 15 is 0 Å². The lowest BCUT2D eigenvalue weighted by Crippen LogP contribution is -2.38. The molecule has 1 aromatic carbocycles. The molecule has 3 N–H and O–H groups in total. The molecule has 7 nitrogen and oxygen atoms in total. The van der Waals surface area contributed by atoms with Gasteiger partial charge < -0.3 is 10.6 Å². The summed E-state index contributed by atoms with van der Waals surface area (Å²) in [7, 11) is -3.64. The molecule has 8 heteroatoms. The van der Waals surface area contributed by atoms with Crippen LogP contribution in [0.3, 0.4) is 0 Å². The number of carbonyl (C=O) groups is 2. The Morgan fingerprint density at radius 1 is 1.00 bits per heavy atom. The maximum Gasteiger partial charge on any atom is 0.240 e. The molecule has 2 rings (SSSR count). The third kappa shape index (κ3) is 6.91. The molecule has 1 saturated carbocycles. The molecule has 28 heavy (non-hydrogen) atoms. The number of hydrogen-bond donors (Lipinski definition) is 3. The van der Waals surface area contributed by atoms with Crippen molar-refractivity contribution in [3.63, 3.8) is 0 Å². The lowest BCUT2D eigenvalue weighted by atomic mass is 9.89. The van der Waals surface area contributed by atoms with E-state index in [1.807, 2.05) is 13.0 Å². The first-order valence-corrected chi connectivity index (χ1v) is 11.4. The van der Waals surface area contributed by atoms with Gasteiger partial charge in [-0.05, 0) is 38.3 Å². The minimum atomic E-state index is -3.64. The number of nitrogens with one attached hydrogen (secondary N) is 3. The zero-order valence-electron chi connectivity index (χ0n) is 16.7. The Hall–Kier alpha value is -1.93. The minimum absolute atomic E-state index is 0.0237. The van der Waals surface area contributed by atoms with Crippen LogP contribution in [0.5, 0.6) is 0 Å². The zero-order valence-corrected chi connectivity index (χ0v) is 17.5. The van der Waals surface area contributed by atoms with E-state index in [9.17, 15) is 18.0 Å². The molecule has 2 amide bonds. The molecule has 1 aliphatic carbocycles. The van der Waals surface area contributed by atoms with Gasteiger partial charge in [-0.25, -0.2) is 13.1 Å². The number of benzene rings is 1. The predicted octanol–water partition coefficient (Wildman–Crippen LogP) is 1.78. The smallest absolute Gasteiger partial charge is 0.240 e. The highest BCUT2D eigenvalue weighted by Gasteiger charge is 2.20. The normalized spacial score (nSPS) is 15.2. The quantitative estimate of drug-likeness (QED) is 0.541. The summed E-state index contributed by atoms with van der Waals surface area (Å²) in [5, 5.41) is 5.55. The Morgan fingerprint density at radius 2 is 1.68 bits per heavy atom. The molecule has 1 aliphatic rings. The summed E-state index contributed by atoms with van der Waals surface area (Å²) in [5.41, 5.74) is 1.66. The van der Waals surface area contributed by atoms with E-state index in [0.29, 0.717) is 18.7 Å². The first-order valence-electron chi connectivity index (χ1n) is 9.91. The highest BCUT2D eigenvalue weighted by atomic mass is 32.2. The van der Waals surface area contributed by atoms with Crippen LogP contribution in [0, 0.1) is 19.8 Å². The summed E-state index contributed by atoms with van der Waals surface area (Å²) in [6, 6.07) is 5.13. The SMILES string of the molecule is Cc1ccc(S(=O)(=O)NCCC(=O)NCCNC(=O)C2CCCCC2)c(C)c1. The van der Waals surface area contributed by atoms with Crippen molar-refractivity contribution in [1.82, 2.24) is 15.4 Å². The second-order valence-electron chi connectivity index (χ2n) is 7.39. The van der Waals surface area contributed by atoms with Crippen molar-refractivity contribution in [1.29, 1.82) is 0 Å². The van der Waals surface area contributed by atoms with Crippen LogP contribution >= 0.6 is 0 Å². The number of rotatable bonds is 9. The Kier molecular flexibility index (Phi) is 8.44. The molecule has 0 heterocycles. The van der Waals surface area contributed by atoms with Crippen molar-refractivity contribution >= 4 is 21.8 Å². The standard InChI is InChI=1S/C20H31N3O4S/c1-15-8-9-18(16(2)14-15)28(26,27)23-11-10-19(24)21-12-13-22-20(25)17-6-4-3-5-7-17/h8-9,14,17,23H,3-7,10-13H2,1-2H3,(H,21,24)(H,22,25). The molecule has 0 unspecified atom stereocenters. The van der Waals surface area contributed by atoms with Crippen molar-refractivity contribution in [2.24, 2.45) is 5.92 Å². The molecule has 156 valence electrons. The van der Waals surface area contributed by atoms with E-state index in [2.05, 4.69) is 15.4 Å². The van der Waals surface area contributed by atoms with Crippen LogP contribution in [0.15, 0.2) is 23.1 Å². The topological polar surface area (TPSA) is 104 Å². The van der Waals surface area contributed by atoms with Gasteiger partial charge in [0.2, 0.25) is 21.8 Å². The number of hydrogen-bond acceptors (Lipinski definition) is 4. The molecular formula is C20H31N3O4S. The third-order valence-electron chi connectivity index (χ3n) is 4.99. The molecule has 0 atom stereocenters. The summed E-state index contributed by atoms with van der Waals surface area (Å²) < 4.78 is 27.1. The molecule has 0 radical (unpaired) electrons. The van der Waals surface area contributed by atoms with Crippen LogP contribution in [0.4, 0.5) is 0 Å². The molecule has 0 saturated heterocycles. The average molecular weight is 410 g/mol. The van der Waals surface area contributed by atoms with Gasteiger partial charge in [-0.15, -0.1) is 0 Å². The molecule has 0 aliphatic heterocycles. The van der Waals surface area contributed by atoms with E-state index in [4.69, 9.17) is 0 Å². The highest BCUT2D eigenvalue weighted by Crippen LogP contribution is 2.23. The van der Waals surface area contributed by atoms with Crippen molar-refractivity contribution in [2.75, 3.05) is 19.6 Å². The Labute approximate surface area is 167 Å². The van der Waals surface area contributed by atoms with Crippen molar-refractivity contribution in [3.05, 3.63) is 29.3 Å². The van der Waals surface area contributed by atoms with Crippen LogP contribution < -0.4 is 15.4 Å². The number of aryl methyl sites for hydroxylation is 2. The summed E-state index contributed by atoms with van der Waals surface area (Å²) in [6.45, 7) is 4.39. The van der Waals surface area contributed by atoms with Crippen molar-refractivity contribution < 1.29 is 18.0 Å². The fraction of sp³-hybridized carbons (Fsp3) is 0.600. The van der Waals surface area contributed by atoms with Gasteiger partial charge in [0, 0.05) is 32.0 Å². The van der Waals surface area contributed by atoms with Gasteiger partial charge in [0.15, 0.2) is 0 Å². The van der Waals surface area contributed by atoms with Gasteiger partial charge >= 0.3 is 0 Å². The molecule has 1 aromatic rings. The second-order valence-corrected chi connectivity index (χ2v) is 9.13. The number of amides is 2. The van der Waals surface area contributed by atoms with Gasteiger partial charge in [-0.1, -0.05) is 37.0 Å². The van der Waals surface area contributed by atoms with E-state index in [0.717, 1.165) is 31.2 Å². The van der Waals surface area contributed by atoms with E-state index < -0.39 is 10.0 Å². The monoisotopic (exact) mass is 409 g/mol.